The summed E-state index contributed by atoms with van der Waals surface area (Å²) in [6.07, 6.45) is 2.56. The summed E-state index contributed by atoms with van der Waals surface area (Å²) in [5, 5.41) is 3.72. The second-order valence-corrected chi connectivity index (χ2v) is 3.69. The Labute approximate surface area is 87.4 Å². The van der Waals surface area contributed by atoms with E-state index in [4.69, 9.17) is 22.1 Å². The Morgan fingerprint density at radius 3 is 3.21 bits per heavy atom. The number of hydrogen-bond acceptors (Lipinski definition) is 4. The van der Waals surface area contributed by atoms with Crippen LogP contribution in [0.15, 0.2) is 12.3 Å². The zero-order valence-electron chi connectivity index (χ0n) is 7.66. The number of hydrogen-bond donors (Lipinski definition) is 2. The number of nitrogens with one attached hydrogen (secondary N) is 1. The molecule has 1 aliphatic rings. The van der Waals surface area contributed by atoms with Gasteiger partial charge < -0.3 is 15.8 Å². The molecule has 1 fully saturated rings. The monoisotopic (exact) mass is 213 g/mol. The second-order valence-electron chi connectivity index (χ2n) is 3.30. The molecule has 5 heteroatoms. The Hall–Kier alpha value is -1.00. The molecule has 0 saturated carbocycles. The minimum Gasteiger partial charge on any atom is -0.396 e. The fourth-order valence-corrected chi connectivity index (χ4v) is 1.59. The molecule has 0 bridgehead atoms. The van der Waals surface area contributed by atoms with Crippen molar-refractivity contribution in [3.05, 3.63) is 17.4 Å². The number of pyridine rings is 1. The number of ether oxygens (including phenoxy) is 1. The predicted octanol–water partition coefficient (Wildman–Crippen LogP) is 1.52. The average Bonchev–Trinajstić information content (AvgIpc) is 2.64. The summed E-state index contributed by atoms with van der Waals surface area (Å²) in [4.78, 5) is 3.88. The van der Waals surface area contributed by atoms with E-state index in [1.165, 1.54) is 0 Å². The highest BCUT2D eigenvalue weighted by molar-refractivity contribution is 6.29. The summed E-state index contributed by atoms with van der Waals surface area (Å²) in [6.45, 7) is 1.52. The summed E-state index contributed by atoms with van der Waals surface area (Å²) in [7, 11) is 0. The van der Waals surface area contributed by atoms with Crippen molar-refractivity contribution in [2.45, 2.75) is 12.5 Å². The Morgan fingerprint density at radius 1 is 1.64 bits per heavy atom. The van der Waals surface area contributed by atoms with Gasteiger partial charge in [0.25, 0.3) is 0 Å². The lowest BCUT2D eigenvalue weighted by Gasteiger charge is -2.13. The Kier molecular flexibility index (Phi) is 2.74. The minimum atomic E-state index is 0.329. The molecule has 1 atom stereocenters. The SMILES string of the molecule is Nc1cnc(Cl)cc1NC1CCOC1. The van der Waals surface area contributed by atoms with Crippen LogP contribution in [0, 0.1) is 0 Å². The summed E-state index contributed by atoms with van der Waals surface area (Å²) >= 11 is 5.76. The third kappa shape index (κ3) is 2.08. The zero-order chi connectivity index (χ0) is 9.97. The molecular formula is C9H12ClN3O. The summed E-state index contributed by atoms with van der Waals surface area (Å²) in [5.74, 6) is 0. The third-order valence-electron chi connectivity index (χ3n) is 2.19. The maximum absolute atomic E-state index is 5.76. The van der Waals surface area contributed by atoms with E-state index < -0.39 is 0 Å². The smallest absolute Gasteiger partial charge is 0.131 e. The molecular weight excluding hydrogens is 202 g/mol. The van der Waals surface area contributed by atoms with Gasteiger partial charge in [0.2, 0.25) is 0 Å². The molecule has 76 valence electrons. The molecule has 14 heavy (non-hydrogen) atoms. The summed E-state index contributed by atoms with van der Waals surface area (Å²) in [6, 6.07) is 2.06. The van der Waals surface area contributed by atoms with Crippen LogP contribution >= 0.6 is 11.6 Å². The van der Waals surface area contributed by atoms with Crippen LogP contribution in [0.5, 0.6) is 0 Å². The van der Waals surface area contributed by atoms with Gasteiger partial charge in [0.05, 0.1) is 30.2 Å². The number of nitrogens with two attached hydrogens (primary N) is 1. The fraction of sp³-hybridized carbons (Fsp3) is 0.444. The Bertz CT molecular complexity index is 326. The molecule has 2 heterocycles. The minimum absolute atomic E-state index is 0.329. The van der Waals surface area contributed by atoms with Crippen LogP contribution in [0.25, 0.3) is 0 Å². The Balaban J connectivity index is 2.10. The first-order chi connectivity index (χ1) is 6.75. The van der Waals surface area contributed by atoms with E-state index in [2.05, 4.69) is 10.3 Å². The highest BCUT2D eigenvalue weighted by Crippen LogP contribution is 2.22. The van der Waals surface area contributed by atoms with E-state index in [1.54, 1.807) is 12.3 Å². The largest absolute Gasteiger partial charge is 0.396 e. The third-order valence-corrected chi connectivity index (χ3v) is 2.40. The molecule has 1 saturated heterocycles. The molecule has 1 aromatic heterocycles. The van der Waals surface area contributed by atoms with Crippen LogP contribution in [0.3, 0.4) is 0 Å². The van der Waals surface area contributed by atoms with Crippen molar-refractivity contribution >= 4 is 23.0 Å². The molecule has 0 amide bonds. The summed E-state index contributed by atoms with van der Waals surface area (Å²) < 4.78 is 5.25. The van der Waals surface area contributed by atoms with Gasteiger partial charge in [0.15, 0.2) is 0 Å². The first kappa shape index (κ1) is 9.55. The van der Waals surface area contributed by atoms with Crippen molar-refractivity contribution in [1.29, 1.82) is 0 Å². The maximum Gasteiger partial charge on any atom is 0.131 e. The van der Waals surface area contributed by atoms with Crippen molar-refractivity contribution < 1.29 is 4.74 Å². The molecule has 4 nitrogen and oxygen atoms in total. The summed E-state index contributed by atoms with van der Waals surface area (Å²) in [5.41, 5.74) is 7.19. The van der Waals surface area contributed by atoms with Gasteiger partial charge in [-0.25, -0.2) is 4.98 Å². The number of nitrogen functional groups attached to an aromatic ring is 1. The number of rotatable bonds is 2. The van der Waals surface area contributed by atoms with E-state index in [9.17, 15) is 0 Å². The lowest BCUT2D eigenvalue weighted by molar-refractivity contribution is 0.195. The van der Waals surface area contributed by atoms with Gasteiger partial charge in [-0.3, -0.25) is 0 Å². The highest BCUT2D eigenvalue weighted by Gasteiger charge is 2.16. The lowest BCUT2D eigenvalue weighted by Crippen LogP contribution is -2.19. The number of nitrogens with zero attached hydrogens (tertiary/aromatic N) is 1. The molecule has 1 unspecified atom stereocenters. The van der Waals surface area contributed by atoms with E-state index in [0.29, 0.717) is 16.9 Å². The van der Waals surface area contributed by atoms with Gasteiger partial charge in [0.1, 0.15) is 5.15 Å². The van der Waals surface area contributed by atoms with Crippen LogP contribution in [0.4, 0.5) is 11.4 Å². The van der Waals surface area contributed by atoms with Gasteiger partial charge in [-0.1, -0.05) is 11.6 Å². The van der Waals surface area contributed by atoms with Crippen molar-refractivity contribution in [3.63, 3.8) is 0 Å². The molecule has 0 radical (unpaired) electrons. The topological polar surface area (TPSA) is 60.2 Å². The van der Waals surface area contributed by atoms with Crippen LogP contribution in [0.2, 0.25) is 5.15 Å². The van der Waals surface area contributed by atoms with Crippen molar-refractivity contribution in [1.82, 2.24) is 4.98 Å². The van der Waals surface area contributed by atoms with E-state index in [1.807, 2.05) is 0 Å². The maximum atomic E-state index is 5.76. The van der Waals surface area contributed by atoms with Crippen molar-refractivity contribution in [3.8, 4) is 0 Å². The van der Waals surface area contributed by atoms with E-state index in [0.717, 1.165) is 25.3 Å². The normalized spacial score (nSPS) is 21.1. The standard InChI is InChI=1S/C9H12ClN3O/c10-9-3-8(7(11)4-12-9)13-6-1-2-14-5-6/h3-4,6H,1-2,5,11H2,(H,12,13). The molecule has 2 rings (SSSR count). The number of aromatic nitrogens is 1. The van der Waals surface area contributed by atoms with Crippen LogP contribution < -0.4 is 11.1 Å². The second kappa shape index (κ2) is 4.02. The molecule has 0 aromatic carbocycles. The molecule has 1 aromatic rings. The number of anilines is 2. The molecule has 3 N–H and O–H groups in total. The van der Waals surface area contributed by atoms with Crippen LogP contribution in [0.1, 0.15) is 6.42 Å². The van der Waals surface area contributed by atoms with Crippen LogP contribution in [-0.2, 0) is 4.74 Å². The molecule has 1 aliphatic heterocycles. The highest BCUT2D eigenvalue weighted by atomic mass is 35.5. The lowest BCUT2D eigenvalue weighted by atomic mass is 10.2. The van der Waals surface area contributed by atoms with Gasteiger partial charge >= 0.3 is 0 Å². The van der Waals surface area contributed by atoms with Crippen molar-refractivity contribution in [2.75, 3.05) is 24.3 Å². The van der Waals surface area contributed by atoms with Gasteiger partial charge in [-0.05, 0) is 6.42 Å². The molecule has 0 aliphatic carbocycles. The van der Waals surface area contributed by atoms with Gasteiger partial charge in [-0.2, -0.15) is 0 Å². The van der Waals surface area contributed by atoms with Gasteiger partial charge in [-0.15, -0.1) is 0 Å². The zero-order valence-corrected chi connectivity index (χ0v) is 8.42. The molecule has 0 spiro atoms. The average molecular weight is 214 g/mol. The Morgan fingerprint density at radius 2 is 2.50 bits per heavy atom. The fourth-order valence-electron chi connectivity index (χ4n) is 1.43. The first-order valence-corrected chi connectivity index (χ1v) is 4.89. The van der Waals surface area contributed by atoms with Crippen molar-refractivity contribution in [2.24, 2.45) is 0 Å². The van der Waals surface area contributed by atoms with E-state index in [-0.39, 0.29) is 0 Å². The van der Waals surface area contributed by atoms with Gasteiger partial charge in [0, 0.05) is 12.7 Å². The van der Waals surface area contributed by atoms with E-state index >= 15 is 0 Å². The van der Waals surface area contributed by atoms with Crippen LogP contribution in [-0.4, -0.2) is 24.2 Å². The predicted molar refractivity (Wildman–Crippen MR) is 56.5 cm³/mol. The quantitative estimate of drug-likeness (QED) is 0.732. The number of halogens is 1. The first-order valence-electron chi connectivity index (χ1n) is 4.51.